The van der Waals surface area contributed by atoms with Gasteiger partial charge in [0.15, 0.2) is 0 Å². The van der Waals surface area contributed by atoms with E-state index in [9.17, 15) is 9.59 Å². The van der Waals surface area contributed by atoms with E-state index in [1.807, 2.05) is 29.2 Å². The molecule has 0 bridgehead atoms. The van der Waals surface area contributed by atoms with Gasteiger partial charge in [0.1, 0.15) is 11.4 Å². The summed E-state index contributed by atoms with van der Waals surface area (Å²) in [4.78, 5) is 32.4. The maximum atomic E-state index is 13.2. The highest BCUT2D eigenvalue weighted by Crippen LogP contribution is 2.37. The van der Waals surface area contributed by atoms with E-state index in [-0.39, 0.29) is 22.9 Å². The Bertz CT molecular complexity index is 1160. The van der Waals surface area contributed by atoms with Crippen LogP contribution in [0, 0.1) is 0 Å². The Kier molecular flexibility index (Phi) is 5.08. The summed E-state index contributed by atoms with van der Waals surface area (Å²) >= 11 is 0. The second kappa shape index (κ2) is 7.73. The molecule has 0 saturated carbocycles. The Morgan fingerprint density at radius 1 is 1.18 bits per heavy atom. The van der Waals surface area contributed by atoms with E-state index in [1.54, 1.807) is 13.3 Å². The number of amides is 2. The Hall–Kier alpha value is -3.13. The molecule has 2 amide bonds. The van der Waals surface area contributed by atoms with Gasteiger partial charge in [-0.2, -0.15) is 0 Å². The predicted molar refractivity (Wildman–Crippen MR) is 126 cm³/mol. The third-order valence-electron chi connectivity index (χ3n) is 7.06. The molecule has 1 spiro atoms. The van der Waals surface area contributed by atoms with Gasteiger partial charge < -0.3 is 20.4 Å². The van der Waals surface area contributed by atoms with Crippen molar-refractivity contribution in [2.75, 3.05) is 26.7 Å². The first kappa shape index (κ1) is 21.7. The Morgan fingerprint density at radius 2 is 1.94 bits per heavy atom. The van der Waals surface area contributed by atoms with Crippen LogP contribution in [0.25, 0.3) is 10.9 Å². The summed E-state index contributed by atoms with van der Waals surface area (Å²) in [5, 5.41) is 6.26. The molecule has 2 N–H and O–H groups in total. The zero-order valence-electron chi connectivity index (χ0n) is 19.7. The van der Waals surface area contributed by atoms with Crippen LogP contribution < -0.4 is 15.5 Å². The Labute approximate surface area is 193 Å². The number of likely N-dealkylation sites (tertiary alicyclic amines) is 1. The molecule has 0 radical (unpaired) electrons. The summed E-state index contributed by atoms with van der Waals surface area (Å²) in [5.41, 5.74) is 6.21. The molecule has 8 nitrogen and oxygen atoms in total. The third-order valence-corrected chi connectivity index (χ3v) is 7.06. The second-order valence-corrected chi connectivity index (χ2v) is 10.3. The van der Waals surface area contributed by atoms with Crippen LogP contribution in [0.4, 0.5) is 0 Å². The molecule has 8 heteroatoms. The number of hydrogen-bond donors (Lipinski definition) is 2. The minimum absolute atomic E-state index is 0.0226. The SMILES string of the molecule is COc1ccc2ncc(C(=O)N3CCC4(CC3)CC3=C(NN(C(C)(C)C)C3)C(=O)N4)cc2c1. The van der Waals surface area contributed by atoms with Crippen molar-refractivity contribution in [3.63, 3.8) is 0 Å². The summed E-state index contributed by atoms with van der Waals surface area (Å²) in [6, 6.07) is 7.52. The standard InChI is InChI=1S/C25H31N5O3/c1-24(2,3)30-15-18-13-25(27-22(31)21(18)28-30)7-9-29(10-8-25)23(32)17-11-16-12-19(33-4)5-6-20(16)26-14-17/h5-6,11-12,14,28H,7-10,13,15H2,1-4H3,(H,27,31). The molecule has 0 unspecified atom stereocenters. The molecule has 0 atom stereocenters. The van der Waals surface area contributed by atoms with Crippen molar-refractivity contribution in [2.24, 2.45) is 0 Å². The van der Waals surface area contributed by atoms with Gasteiger partial charge in [0.05, 0.1) is 18.2 Å². The van der Waals surface area contributed by atoms with Crippen molar-refractivity contribution < 1.29 is 14.3 Å². The number of aromatic nitrogens is 1. The van der Waals surface area contributed by atoms with Crippen LogP contribution in [0.2, 0.25) is 0 Å². The van der Waals surface area contributed by atoms with Gasteiger partial charge in [-0.3, -0.25) is 14.6 Å². The van der Waals surface area contributed by atoms with Crippen LogP contribution in [0.5, 0.6) is 5.75 Å². The maximum absolute atomic E-state index is 13.2. The molecule has 1 fully saturated rings. The lowest BCUT2D eigenvalue weighted by Crippen LogP contribution is -2.59. The van der Waals surface area contributed by atoms with E-state index in [2.05, 4.69) is 41.5 Å². The van der Waals surface area contributed by atoms with Gasteiger partial charge >= 0.3 is 0 Å². The summed E-state index contributed by atoms with van der Waals surface area (Å²) in [7, 11) is 1.62. The molecule has 1 aromatic carbocycles. The summed E-state index contributed by atoms with van der Waals surface area (Å²) in [6.07, 6.45) is 3.95. The van der Waals surface area contributed by atoms with Crippen molar-refractivity contribution >= 4 is 22.7 Å². The number of benzene rings is 1. The fourth-order valence-corrected chi connectivity index (χ4v) is 5.02. The highest BCUT2D eigenvalue weighted by molar-refractivity contribution is 5.98. The van der Waals surface area contributed by atoms with E-state index >= 15 is 0 Å². The molecule has 2 aromatic rings. The van der Waals surface area contributed by atoms with Crippen LogP contribution in [-0.2, 0) is 4.79 Å². The third kappa shape index (κ3) is 3.93. The quantitative estimate of drug-likeness (QED) is 0.733. The average molecular weight is 450 g/mol. The number of nitrogens with zero attached hydrogens (tertiary/aromatic N) is 3. The van der Waals surface area contributed by atoms with E-state index in [1.165, 1.54) is 5.57 Å². The Balaban J connectivity index is 1.28. The van der Waals surface area contributed by atoms with Gasteiger partial charge in [0, 0.05) is 42.3 Å². The number of carbonyl (C=O) groups is 2. The smallest absolute Gasteiger partial charge is 0.269 e. The molecule has 1 aromatic heterocycles. The first-order valence-corrected chi connectivity index (χ1v) is 11.5. The molecular formula is C25H31N5O3. The molecular weight excluding hydrogens is 418 g/mol. The van der Waals surface area contributed by atoms with Crippen LogP contribution in [0.3, 0.4) is 0 Å². The first-order chi connectivity index (χ1) is 15.7. The lowest BCUT2D eigenvalue weighted by atomic mass is 9.79. The largest absolute Gasteiger partial charge is 0.497 e. The minimum Gasteiger partial charge on any atom is -0.497 e. The average Bonchev–Trinajstić information content (AvgIpc) is 3.23. The maximum Gasteiger partial charge on any atom is 0.269 e. The van der Waals surface area contributed by atoms with Crippen LogP contribution in [0.1, 0.15) is 50.4 Å². The van der Waals surface area contributed by atoms with Gasteiger partial charge in [0.2, 0.25) is 0 Å². The topological polar surface area (TPSA) is 86.8 Å². The number of hydrogen-bond acceptors (Lipinski definition) is 6. The van der Waals surface area contributed by atoms with Crippen molar-refractivity contribution in [3.8, 4) is 5.75 Å². The van der Waals surface area contributed by atoms with Crippen molar-refractivity contribution in [1.82, 2.24) is 25.6 Å². The van der Waals surface area contributed by atoms with E-state index in [0.717, 1.165) is 42.5 Å². The molecule has 3 aliphatic rings. The summed E-state index contributed by atoms with van der Waals surface area (Å²) in [5.74, 6) is 0.683. The van der Waals surface area contributed by atoms with Crippen molar-refractivity contribution in [2.45, 2.75) is 51.1 Å². The zero-order chi connectivity index (χ0) is 23.4. The summed E-state index contributed by atoms with van der Waals surface area (Å²) < 4.78 is 5.30. The number of carbonyl (C=O) groups excluding carboxylic acids is 2. The molecule has 5 rings (SSSR count). The molecule has 174 valence electrons. The normalized spacial score (nSPS) is 20.6. The second-order valence-electron chi connectivity index (χ2n) is 10.3. The molecule has 1 saturated heterocycles. The molecule has 33 heavy (non-hydrogen) atoms. The molecule has 4 heterocycles. The zero-order valence-corrected chi connectivity index (χ0v) is 19.7. The van der Waals surface area contributed by atoms with E-state index in [0.29, 0.717) is 24.4 Å². The number of fused-ring (bicyclic) bond motifs is 1. The Morgan fingerprint density at radius 3 is 2.64 bits per heavy atom. The molecule has 0 aliphatic carbocycles. The monoisotopic (exact) mass is 449 g/mol. The van der Waals surface area contributed by atoms with Crippen molar-refractivity contribution in [1.29, 1.82) is 0 Å². The van der Waals surface area contributed by atoms with Crippen molar-refractivity contribution in [3.05, 3.63) is 47.3 Å². The number of nitrogens with one attached hydrogen (secondary N) is 2. The lowest BCUT2D eigenvalue weighted by molar-refractivity contribution is -0.121. The number of rotatable bonds is 2. The lowest BCUT2D eigenvalue weighted by Gasteiger charge is -2.44. The first-order valence-electron chi connectivity index (χ1n) is 11.5. The van der Waals surface area contributed by atoms with Crippen LogP contribution >= 0.6 is 0 Å². The number of pyridine rings is 1. The fourth-order valence-electron chi connectivity index (χ4n) is 5.02. The number of ether oxygens (including phenoxy) is 1. The highest BCUT2D eigenvalue weighted by Gasteiger charge is 2.45. The fraction of sp³-hybridized carbons (Fsp3) is 0.480. The van der Waals surface area contributed by atoms with E-state index < -0.39 is 0 Å². The van der Waals surface area contributed by atoms with Gasteiger partial charge in [-0.05, 0) is 69.9 Å². The van der Waals surface area contributed by atoms with Gasteiger partial charge in [-0.15, -0.1) is 0 Å². The van der Waals surface area contributed by atoms with Crippen LogP contribution in [0.15, 0.2) is 41.7 Å². The number of methoxy groups -OCH3 is 1. The summed E-state index contributed by atoms with van der Waals surface area (Å²) in [6.45, 7) is 8.36. The predicted octanol–water partition coefficient (Wildman–Crippen LogP) is 2.61. The number of piperidine rings is 1. The van der Waals surface area contributed by atoms with Gasteiger partial charge in [-0.25, -0.2) is 5.01 Å². The highest BCUT2D eigenvalue weighted by atomic mass is 16.5. The van der Waals surface area contributed by atoms with Gasteiger partial charge in [-0.1, -0.05) is 0 Å². The van der Waals surface area contributed by atoms with Gasteiger partial charge in [0.25, 0.3) is 11.8 Å². The van der Waals surface area contributed by atoms with E-state index in [4.69, 9.17) is 4.74 Å². The molecule has 3 aliphatic heterocycles. The number of hydrazine groups is 1. The minimum atomic E-state index is -0.280. The van der Waals surface area contributed by atoms with Crippen LogP contribution in [-0.4, -0.2) is 64.5 Å².